The zero-order valence-electron chi connectivity index (χ0n) is 13.4. The van der Waals surface area contributed by atoms with Crippen molar-refractivity contribution in [1.29, 1.82) is 0 Å². The summed E-state index contributed by atoms with van der Waals surface area (Å²) in [5, 5.41) is 2.56. The van der Waals surface area contributed by atoms with Gasteiger partial charge in [0.25, 0.3) is 5.91 Å². The van der Waals surface area contributed by atoms with Crippen LogP contribution in [0.2, 0.25) is 0 Å². The molecule has 1 saturated heterocycles. The molecule has 1 N–H and O–H groups in total. The molecule has 25 heavy (non-hydrogen) atoms. The summed E-state index contributed by atoms with van der Waals surface area (Å²) in [6.07, 6.45) is -0.533. The van der Waals surface area contributed by atoms with Crippen LogP contribution in [0, 0.1) is 0 Å². The van der Waals surface area contributed by atoms with E-state index in [2.05, 4.69) is 5.32 Å². The number of nitrogens with zero attached hydrogens (tertiary/aromatic N) is 2. The first-order valence-electron chi connectivity index (χ1n) is 7.77. The number of cyclic esters (lactones) is 1. The molecular formula is C16H17Cl2N3O4. The zero-order valence-corrected chi connectivity index (χ0v) is 15.0. The molecule has 0 saturated carbocycles. The third-order valence-corrected chi connectivity index (χ3v) is 4.67. The highest BCUT2D eigenvalue weighted by Crippen LogP contribution is 2.36. The van der Waals surface area contributed by atoms with Crippen molar-refractivity contribution in [2.24, 2.45) is 0 Å². The number of carbonyl (C=O) groups excluding carboxylic acids is 3. The number of carbonyl (C=O) groups is 3. The number of amides is 3. The van der Waals surface area contributed by atoms with Gasteiger partial charge in [-0.05, 0) is 18.1 Å². The topological polar surface area (TPSA) is 79.0 Å². The van der Waals surface area contributed by atoms with Crippen LogP contribution < -0.4 is 10.2 Å². The monoisotopic (exact) mass is 385 g/mol. The van der Waals surface area contributed by atoms with E-state index in [1.54, 1.807) is 0 Å². The molecule has 3 amide bonds. The molecule has 0 spiro atoms. The molecule has 2 unspecified atom stereocenters. The summed E-state index contributed by atoms with van der Waals surface area (Å²) in [5.41, 5.74) is 1.69. The van der Waals surface area contributed by atoms with Gasteiger partial charge in [0.1, 0.15) is 6.10 Å². The molecule has 0 bridgehead atoms. The van der Waals surface area contributed by atoms with E-state index in [0.717, 1.165) is 11.3 Å². The Hall–Kier alpha value is -1.99. The van der Waals surface area contributed by atoms with Gasteiger partial charge in [0.2, 0.25) is 5.91 Å². The van der Waals surface area contributed by atoms with Crippen LogP contribution in [0.1, 0.15) is 12.5 Å². The highest BCUT2D eigenvalue weighted by atomic mass is 35.5. The van der Waals surface area contributed by atoms with E-state index >= 15 is 0 Å². The number of fused-ring (bicyclic) bond motifs is 1. The van der Waals surface area contributed by atoms with E-state index in [4.69, 9.17) is 27.9 Å². The van der Waals surface area contributed by atoms with Crippen LogP contribution in [-0.2, 0) is 20.7 Å². The smallest absolute Gasteiger partial charge is 0.411 e. The van der Waals surface area contributed by atoms with Gasteiger partial charge in [0.05, 0.1) is 19.3 Å². The lowest BCUT2D eigenvalue weighted by atomic mass is 10.1. The summed E-state index contributed by atoms with van der Waals surface area (Å²) in [4.78, 5) is 37.3. The first-order chi connectivity index (χ1) is 11.9. The maximum Gasteiger partial charge on any atom is 0.411 e. The van der Waals surface area contributed by atoms with Crippen molar-refractivity contribution in [2.45, 2.75) is 30.3 Å². The Morgan fingerprint density at radius 3 is 2.76 bits per heavy atom. The average Bonchev–Trinajstić information content (AvgIpc) is 3.12. The van der Waals surface area contributed by atoms with Gasteiger partial charge in [0, 0.05) is 12.6 Å². The molecule has 2 aliphatic heterocycles. The predicted molar refractivity (Wildman–Crippen MR) is 92.6 cm³/mol. The number of alkyl halides is 2. The minimum Gasteiger partial charge on any atom is -0.442 e. The lowest BCUT2D eigenvalue weighted by Gasteiger charge is -2.29. The predicted octanol–water partition coefficient (Wildman–Crippen LogP) is 1.66. The maximum atomic E-state index is 12.5. The fourth-order valence-electron chi connectivity index (χ4n) is 3.17. The van der Waals surface area contributed by atoms with Crippen LogP contribution in [-0.4, -0.2) is 53.0 Å². The Bertz CT molecular complexity index is 712. The second-order valence-electron chi connectivity index (χ2n) is 5.94. The van der Waals surface area contributed by atoms with Crippen molar-refractivity contribution in [2.75, 3.05) is 18.1 Å². The number of hydrogen-bond donors (Lipinski definition) is 1. The molecule has 0 radical (unpaired) electrons. The Morgan fingerprint density at radius 2 is 2.08 bits per heavy atom. The number of nitrogens with one attached hydrogen (secondary N) is 1. The summed E-state index contributed by atoms with van der Waals surface area (Å²) in [6, 6.07) is 7.04. The van der Waals surface area contributed by atoms with Crippen molar-refractivity contribution in [1.82, 2.24) is 10.2 Å². The maximum absolute atomic E-state index is 12.5. The summed E-state index contributed by atoms with van der Waals surface area (Å²) >= 11 is 11.6. The Kier molecular flexibility index (Phi) is 5.06. The van der Waals surface area contributed by atoms with E-state index in [9.17, 15) is 14.4 Å². The molecule has 1 aromatic carbocycles. The molecular weight excluding hydrogens is 369 g/mol. The molecule has 2 atom stereocenters. The molecule has 0 aliphatic carbocycles. The number of para-hydroxylation sites is 1. The standard InChI is InChI=1S/C16H17Cl2N3O4/c1-9(22)19-8-20-7-13(25-16(20)24)12-6-10-4-2-3-5-11(10)21(12)15(23)14(17)18/h2-5,12-14H,6-8H2,1H3,(H,19,22). The molecule has 2 heterocycles. The van der Waals surface area contributed by atoms with Gasteiger partial charge in [-0.15, -0.1) is 0 Å². The van der Waals surface area contributed by atoms with Gasteiger partial charge < -0.3 is 15.0 Å². The average molecular weight is 386 g/mol. The summed E-state index contributed by atoms with van der Waals surface area (Å²) in [5.74, 6) is -0.692. The molecule has 9 heteroatoms. The van der Waals surface area contributed by atoms with E-state index in [-0.39, 0.29) is 19.1 Å². The lowest BCUT2D eigenvalue weighted by Crippen LogP contribution is -2.48. The van der Waals surface area contributed by atoms with Crippen molar-refractivity contribution in [3.05, 3.63) is 29.8 Å². The van der Waals surface area contributed by atoms with Gasteiger partial charge in [-0.3, -0.25) is 14.5 Å². The Labute approximate surface area is 154 Å². The van der Waals surface area contributed by atoms with Gasteiger partial charge in [-0.2, -0.15) is 0 Å². The van der Waals surface area contributed by atoms with Crippen LogP contribution >= 0.6 is 23.2 Å². The van der Waals surface area contributed by atoms with E-state index in [1.807, 2.05) is 24.3 Å². The highest BCUT2D eigenvalue weighted by molar-refractivity contribution is 6.54. The molecule has 134 valence electrons. The number of rotatable bonds is 4. The quantitative estimate of drug-likeness (QED) is 0.799. The van der Waals surface area contributed by atoms with Crippen molar-refractivity contribution in [3.8, 4) is 0 Å². The zero-order chi connectivity index (χ0) is 18.1. The molecule has 3 rings (SSSR count). The lowest BCUT2D eigenvalue weighted by molar-refractivity contribution is -0.119. The SMILES string of the molecule is CC(=O)NCN1CC(C2Cc3ccccc3N2C(=O)C(Cl)Cl)OC1=O. The van der Waals surface area contributed by atoms with Gasteiger partial charge in [-0.1, -0.05) is 41.4 Å². The number of ether oxygens (including phenoxy) is 1. The third kappa shape index (κ3) is 3.52. The van der Waals surface area contributed by atoms with E-state index < -0.39 is 29.0 Å². The van der Waals surface area contributed by atoms with Gasteiger partial charge in [0.15, 0.2) is 4.84 Å². The summed E-state index contributed by atoms with van der Waals surface area (Å²) in [6.45, 7) is 1.69. The van der Waals surface area contributed by atoms with Crippen LogP contribution in [0.5, 0.6) is 0 Å². The largest absolute Gasteiger partial charge is 0.442 e. The second-order valence-corrected chi connectivity index (χ2v) is 7.04. The van der Waals surface area contributed by atoms with Crippen LogP contribution in [0.25, 0.3) is 0 Å². The van der Waals surface area contributed by atoms with Crippen molar-refractivity contribution < 1.29 is 19.1 Å². The number of anilines is 1. The number of halogens is 2. The molecule has 7 nitrogen and oxygen atoms in total. The van der Waals surface area contributed by atoms with Crippen molar-refractivity contribution >= 4 is 46.8 Å². The second kappa shape index (κ2) is 7.09. The number of hydrogen-bond acceptors (Lipinski definition) is 4. The minimum atomic E-state index is -1.21. The van der Waals surface area contributed by atoms with Gasteiger partial charge >= 0.3 is 6.09 Å². The molecule has 1 aromatic rings. The minimum absolute atomic E-state index is 0.0614. The first kappa shape index (κ1) is 17.8. The number of benzene rings is 1. The highest BCUT2D eigenvalue weighted by Gasteiger charge is 2.45. The normalized spacial score (nSPS) is 22.2. The first-order valence-corrected chi connectivity index (χ1v) is 8.65. The molecule has 0 aromatic heterocycles. The van der Waals surface area contributed by atoms with Crippen LogP contribution in [0.4, 0.5) is 10.5 Å². The fourth-order valence-corrected chi connectivity index (χ4v) is 3.38. The summed E-state index contributed by atoms with van der Waals surface area (Å²) < 4.78 is 5.44. The fraction of sp³-hybridized carbons (Fsp3) is 0.438. The van der Waals surface area contributed by atoms with Crippen molar-refractivity contribution in [3.63, 3.8) is 0 Å². The molecule has 1 fully saturated rings. The van der Waals surface area contributed by atoms with E-state index in [0.29, 0.717) is 6.42 Å². The Balaban J connectivity index is 1.81. The Morgan fingerprint density at radius 1 is 1.36 bits per heavy atom. The third-order valence-electron chi connectivity index (χ3n) is 4.29. The summed E-state index contributed by atoms with van der Waals surface area (Å²) in [7, 11) is 0. The van der Waals surface area contributed by atoms with Crippen LogP contribution in [0.15, 0.2) is 24.3 Å². The molecule has 2 aliphatic rings. The van der Waals surface area contributed by atoms with Crippen LogP contribution in [0.3, 0.4) is 0 Å². The van der Waals surface area contributed by atoms with E-state index in [1.165, 1.54) is 16.7 Å². The van der Waals surface area contributed by atoms with Gasteiger partial charge in [-0.25, -0.2) is 4.79 Å².